The number of hydrogen-bond acceptors (Lipinski definition) is 3. The quantitative estimate of drug-likeness (QED) is 0.144. The average Bonchev–Trinajstić information content (AvgIpc) is 3.50. The number of nitrogens with one attached hydrogen (secondary N) is 1. The van der Waals surface area contributed by atoms with E-state index in [2.05, 4.69) is 5.32 Å². The maximum absolute atomic E-state index is 15.0. The molecular weight excluding hydrogens is 631 g/mol. The van der Waals surface area contributed by atoms with Gasteiger partial charge in [0.2, 0.25) is 5.91 Å². The molecule has 0 heterocycles. The summed E-state index contributed by atoms with van der Waals surface area (Å²) in [4.78, 5) is 37.8. The van der Waals surface area contributed by atoms with E-state index < -0.39 is 81.2 Å². The first-order valence-corrected chi connectivity index (χ1v) is 13.5. The molecule has 3 aromatic rings. The molecule has 1 saturated carbocycles. The molecule has 1 aliphatic carbocycles. The summed E-state index contributed by atoms with van der Waals surface area (Å²) < 4.78 is 80.6. The van der Waals surface area contributed by atoms with Gasteiger partial charge in [-0.25, -0.2) is 13.2 Å². The first-order valence-electron chi connectivity index (χ1n) is 12.4. The molecular formula is C29H20Cl3F6NO3. The van der Waals surface area contributed by atoms with Gasteiger partial charge >= 0.3 is 6.18 Å². The topological polar surface area (TPSA) is 63.2 Å². The predicted octanol–water partition coefficient (Wildman–Crippen LogP) is 8.25. The molecule has 0 aromatic heterocycles. The lowest BCUT2D eigenvalue weighted by molar-refractivity contribution is -0.140. The van der Waals surface area contributed by atoms with Crippen molar-refractivity contribution in [2.45, 2.75) is 42.6 Å². The molecule has 0 radical (unpaired) electrons. The van der Waals surface area contributed by atoms with Gasteiger partial charge in [0, 0.05) is 42.0 Å². The summed E-state index contributed by atoms with van der Waals surface area (Å²) >= 11 is 18.6. The van der Waals surface area contributed by atoms with Gasteiger partial charge in [0.1, 0.15) is 27.6 Å². The van der Waals surface area contributed by atoms with Crippen molar-refractivity contribution >= 4 is 58.0 Å². The summed E-state index contributed by atoms with van der Waals surface area (Å²) in [6.07, 6.45) is -5.92. The van der Waals surface area contributed by atoms with Gasteiger partial charge in [0.25, 0.3) is 0 Å². The summed E-state index contributed by atoms with van der Waals surface area (Å²) in [5.74, 6) is -7.62. The van der Waals surface area contributed by atoms with Crippen LogP contribution in [0.3, 0.4) is 0 Å². The van der Waals surface area contributed by atoms with Crippen LogP contribution in [0, 0.1) is 23.4 Å². The molecule has 0 saturated heterocycles. The second kappa shape index (κ2) is 11.9. The van der Waals surface area contributed by atoms with Crippen LogP contribution >= 0.6 is 34.8 Å². The highest BCUT2D eigenvalue weighted by Crippen LogP contribution is 2.65. The molecule has 2 atom stereocenters. The van der Waals surface area contributed by atoms with Crippen LogP contribution < -0.4 is 5.32 Å². The van der Waals surface area contributed by atoms with Crippen LogP contribution in [-0.4, -0.2) is 21.8 Å². The lowest BCUT2D eigenvalue weighted by Gasteiger charge is -2.11. The van der Waals surface area contributed by atoms with Gasteiger partial charge in [-0.3, -0.25) is 14.4 Å². The van der Waals surface area contributed by atoms with E-state index in [4.69, 9.17) is 34.8 Å². The molecule has 0 bridgehead atoms. The van der Waals surface area contributed by atoms with E-state index in [1.807, 2.05) is 0 Å². The Labute approximate surface area is 250 Å². The lowest BCUT2D eigenvalue weighted by Crippen LogP contribution is -2.17. The Hall–Kier alpha value is -3.08. The number of carbonyl (C=O) groups is 3. The predicted molar refractivity (Wildman–Crippen MR) is 146 cm³/mol. The lowest BCUT2D eigenvalue weighted by atomic mass is 9.97. The number of carbonyl (C=O) groups excluding carboxylic acids is 3. The van der Waals surface area contributed by atoms with Gasteiger partial charge in [-0.05, 0) is 47.5 Å². The number of rotatable bonds is 9. The maximum Gasteiger partial charge on any atom is 0.419 e. The number of ketones is 2. The average molecular weight is 651 g/mol. The molecule has 1 N–H and O–H groups in total. The SMILES string of the molecule is CCC(=O)Cc1c(F)ccc(CC(=O)c2cc(NC(=O)[C@H]3[C@H](c4ccc(F)c(C(F)(F)F)c4)C3(Cl)Cl)ccc2Cl)c1F. The molecule has 4 rings (SSSR count). The van der Waals surface area contributed by atoms with Crippen LogP contribution in [0.15, 0.2) is 48.5 Å². The summed E-state index contributed by atoms with van der Waals surface area (Å²) in [5.41, 5.74) is -2.31. The Morgan fingerprint density at radius 2 is 1.60 bits per heavy atom. The Morgan fingerprint density at radius 3 is 2.24 bits per heavy atom. The first kappa shape index (κ1) is 31.8. The molecule has 0 spiro atoms. The summed E-state index contributed by atoms with van der Waals surface area (Å²) in [5, 5.41) is 2.44. The zero-order chi connectivity index (χ0) is 31.1. The molecule has 42 heavy (non-hydrogen) atoms. The van der Waals surface area contributed by atoms with Crippen molar-refractivity contribution in [2.24, 2.45) is 5.92 Å². The van der Waals surface area contributed by atoms with Crippen molar-refractivity contribution in [1.29, 1.82) is 0 Å². The second-order valence-corrected chi connectivity index (χ2v) is 11.6. The van der Waals surface area contributed by atoms with E-state index in [9.17, 15) is 40.7 Å². The van der Waals surface area contributed by atoms with E-state index in [0.29, 0.717) is 12.1 Å². The third kappa shape index (κ3) is 6.45. The largest absolute Gasteiger partial charge is 0.419 e. The molecule has 13 heteroatoms. The minimum absolute atomic E-state index is 0.0405. The highest BCUT2D eigenvalue weighted by Gasteiger charge is 2.67. The molecule has 1 amide bonds. The van der Waals surface area contributed by atoms with Gasteiger partial charge in [0.05, 0.1) is 16.5 Å². The normalized spacial score (nSPS) is 17.6. The number of alkyl halides is 5. The smallest absolute Gasteiger partial charge is 0.326 e. The summed E-state index contributed by atoms with van der Waals surface area (Å²) in [7, 11) is 0. The van der Waals surface area contributed by atoms with Gasteiger partial charge in [0.15, 0.2) is 5.78 Å². The van der Waals surface area contributed by atoms with Crippen molar-refractivity contribution in [3.05, 3.63) is 98.8 Å². The minimum Gasteiger partial charge on any atom is -0.326 e. The van der Waals surface area contributed by atoms with Gasteiger partial charge < -0.3 is 5.32 Å². The van der Waals surface area contributed by atoms with Crippen molar-refractivity contribution in [2.75, 3.05) is 5.32 Å². The van der Waals surface area contributed by atoms with Crippen LogP contribution in [0.5, 0.6) is 0 Å². The Kier molecular flexibility index (Phi) is 9.02. The van der Waals surface area contributed by atoms with Crippen LogP contribution in [0.2, 0.25) is 5.02 Å². The molecule has 222 valence electrons. The van der Waals surface area contributed by atoms with Crippen molar-refractivity contribution < 1.29 is 40.7 Å². The molecule has 1 fully saturated rings. The standard InChI is InChI=1S/C29H20Cl3F6NO3/c1-2-16(40)12-18-21(33)7-4-14(26(18)35)10-23(41)17-11-15(5-6-20(17)30)39-27(42)25-24(28(25,31)32)13-3-8-22(34)19(9-13)29(36,37)38/h3-9,11,24-25H,2,10,12H2,1H3,(H,39,42)/t24-,25+/m0/s1. The van der Waals surface area contributed by atoms with E-state index in [0.717, 1.165) is 18.2 Å². The van der Waals surface area contributed by atoms with E-state index in [1.54, 1.807) is 6.92 Å². The Morgan fingerprint density at radius 1 is 0.929 bits per heavy atom. The monoisotopic (exact) mass is 649 g/mol. The second-order valence-electron chi connectivity index (χ2n) is 9.72. The number of benzene rings is 3. The highest BCUT2D eigenvalue weighted by molar-refractivity contribution is 6.53. The zero-order valence-corrected chi connectivity index (χ0v) is 23.8. The summed E-state index contributed by atoms with van der Waals surface area (Å²) in [6.45, 7) is 1.55. The van der Waals surface area contributed by atoms with Gasteiger partial charge in [-0.1, -0.05) is 30.7 Å². The first-order chi connectivity index (χ1) is 19.6. The van der Waals surface area contributed by atoms with E-state index in [1.165, 1.54) is 18.2 Å². The molecule has 0 aliphatic heterocycles. The fraction of sp³-hybridized carbons (Fsp3) is 0.276. The number of Topliss-reactive ketones (excluding diaryl/α,β-unsaturated/α-hetero) is 2. The fourth-order valence-corrected chi connectivity index (χ4v) is 5.64. The summed E-state index contributed by atoms with van der Waals surface area (Å²) in [6, 6.07) is 8.07. The molecule has 3 aromatic carbocycles. The number of amides is 1. The van der Waals surface area contributed by atoms with Crippen LogP contribution in [-0.2, 0) is 28.6 Å². The fourth-order valence-electron chi connectivity index (χ4n) is 4.59. The van der Waals surface area contributed by atoms with Gasteiger partial charge in [-0.15, -0.1) is 23.2 Å². The Balaban J connectivity index is 1.53. The molecule has 1 aliphatic rings. The highest BCUT2D eigenvalue weighted by atomic mass is 35.5. The molecule has 4 nitrogen and oxygen atoms in total. The number of halogens is 9. The van der Waals surface area contributed by atoms with Crippen molar-refractivity contribution in [3.8, 4) is 0 Å². The van der Waals surface area contributed by atoms with Crippen molar-refractivity contribution in [3.63, 3.8) is 0 Å². The third-order valence-electron chi connectivity index (χ3n) is 6.91. The van der Waals surface area contributed by atoms with Gasteiger partial charge in [-0.2, -0.15) is 13.2 Å². The van der Waals surface area contributed by atoms with E-state index in [-0.39, 0.29) is 33.8 Å². The maximum atomic E-state index is 15.0. The van der Waals surface area contributed by atoms with Crippen LogP contribution in [0.1, 0.15) is 51.9 Å². The van der Waals surface area contributed by atoms with Crippen LogP contribution in [0.4, 0.5) is 32.0 Å². The minimum atomic E-state index is -4.98. The zero-order valence-electron chi connectivity index (χ0n) is 21.5. The molecule has 0 unspecified atom stereocenters. The number of anilines is 1. The Bertz CT molecular complexity index is 1590. The van der Waals surface area contributed by atoms with E-state index >= 15 is 0 Å². The third-order valence-corrected chi connectivity index (χ3v) is 8.18. The number of hydrogen-bond donors (Lipinski definition) is 1. The van der Waals surface area contributed by atoms with Crippen molar-refractivity contribution in [1.82, 2.24) is 0 Å². The van der Waals surface area contributed by atoms with Crippen LogP contribution in [0.25, 0.3) is 0 Å².